The zero-order valence-corrected chi connectivity index (χ0v) is 24.1. The molecule has 3 N–H and O–H groups in total. The SMILES string of the molecule is CC(C)(C)OC(=O)N[C@@H](CCCC(Cl)NN1C=NC(Nc2cc(Cl)ccc2Cl)=NC1)C(=O)N1CCSC1. The number of rotatable bonds is 9. The Morgan fingerprint density at radius 3 is 2.68 bits per heavy atom. The quantitative estimate of drug-likeness (QED) is 0.281. The molecule has 2 aliphatic rings. The molecular weight excluding hydrogens is 561 g/mol. The third-order valence-electron chi connectivity index (χ3n) is 5.18. The maximum atomic E-state index is 13.0. The lowest BCUT2D eigenvalue weighted by Gasteiger charge is -2.27. The summed E-state index contributed by atoms with van der Waals surface area (Å²) in [7, 11) is 0. The molecule has 2 amide bonds. The Labute approximate surface area is 236 Å². The van der Waals surface area contributed by atoms with Crippen LogP contribution in [0.25, 0.3) is 0 Å². The van der Waals surface area contributed by atoms with Gasteiger partial charge in [-0.2, -0.15) is 0 Å². The number of benzene rings is 1. The van der Waals surface area contributed by atoms with Gasteiger partial charge in [0.25, 0.3) is 0 Å². The Morgan fingerprint density at radius 2 is 2.03 bits per heavy atom. The Morgan fingerprint density at radius 1 is 1.24 bits per heavy atom. The smallest absolute Gasteiger partial charge is 0.408 e. The first-order valence-electron chi connectivity index (χ1n) is 11.8. The molecule has 1 saturated heterocycles. The van der Waals surface area contributed by atoms with E-state index in [1.54, 1.807) is 67.0 Å². The number of amides is 2. The minimum absolute atomic E-state index is 0.104. The molecule has 37 heavy (non-hydrogen) atoms. The van der Waals surface area contributed by atoms with E-state index in [2.05, 4.69) is 26.0 Å². The first-order chi connectivity index (χ1) is 17.5. The highest BCUT2D eigenvalue weighted by molar-refractivity contribution is 7.99. The highest BCUT2D eigenvalue weighted by Gasteiger charge is 2.29. The molecule has 0 spiro atoms. The van der Waals surface area contributed by atoms with E-state index in [0.29, 0.717) is 53.4 Å². The largest absolute Gasteiger partial charge is 0.444 e. The van der Waals surface area contributed by atoms with Crippen molar-refractivity contribution in [3.63, 3.8) is 0 Å². The third-order valence-corrected chi connectivity index (χ3v) is 7.02. The summed E-state index contributed by atoms with van der Waals surface area (Å²) < 4.78 is 5.35. The molecule has 2 aliphatic heterocycles. The summed E-state index contributed by atoms with van der Waals surface area (Å²) in [5.41, 5.74) is 2.64. The van der Waals surface area contributed by atoms with Crippen molar-refractivity contribution in [2.45, 2.75) is 57.2 Å². The fraction of sp³-hybridized carbons (Fsp3) is 0.565. The van der Waals surface area contributed by atoms with E-state index in [9.17, 15) is 9.59 Å². The summed E-state index contributed by atoms with van der Waals surface area (Å²) in [6.45, 7) is 6.29. The van der Waals surface area contributed by atoms with Gasteiger partial charge in [-0.05, 0) is 58.2 Å². The number of hydrazine groups is 1. The van der Waals surface area contributed by atoms with Gasteiger partial charge in [0, 0.05) is 17.3 Å². The Bertz CT molecular complexity index is 1020. The molecule has 1 aromatic carbocycles. The summed E-state index contributed by atoms with van der Waals surface area (Å²) in [6, 6.07) is 4.41. The van der Waals surface area contributed by atoms with Crippen LogP contribution in [0.5, 0.6) is 0 Å². The van der Waals surface area contributed by atoms with E-state index in [-0.39, 0.29) is 12.6 Å². The summed E-state index contributed by atoms with van der Waals surface area (Å²) in [5.74, 6) is 1.80. The molecule has 2 atom stereocenters. The van der Waals surface area contributed by atoms with Gasteiger partial charge in [0.1, 0.15) is 30.2 Å². The van der Waals surface area contributed by atoms with Crippen molar-refractivity contribution in [3.8, 4) is 0 Å². The van der Waals surface area contributed by atoms with Gasteiger partial charge in [0.05, 0.1) is 16.6 Å². The van der Waals surface area contributed by atoms with Crippen LogP contribution in [0, 0.1) is 0 Å². The molecule has 1 aromatic rings. The minimum atomic E-state index is -0.675. The van der Waals surface area contributed by atoms with Crippen LogP contribution in [0.1, 0.15) is 40.0 Å². The van der Waals surface area contributed by atoms with Crippen LogP contribution >= 0.6 is 46.6 Å². The predicted molar refractivity (Wildman–Crippen MR) is 152 cm³/mol. The second-order valence-electron chi connectivity index (χ2n) is 9.45. The van der Waals surface area contributed by atoms with Gasteiger partial charge in [-0.3, -0.25) is 9.80 Å². The number of anilines is 1. The monoisotopic (exact) mass is 591 g/mol. The number of ether oxygens (including phenoxy) is 1. The zero-order valence-electron chi connectivity index (χ0n) is 21.0. The van der Waals surface area contributed by atoms with Crippen LogP contribution in [-0.4, -0.2) is 76.2 Å². The van der Waals surface area contributed by atoms with E-state index in [4.69, 9.17) is 39.5 Å². The molecule has 2 heterocycles. The van der Waals surface area contributed by atoms with Crippen molar-refractivity contribution in [2.75, 3.05) is 30.2 Å². The molecule has 0 bridgehead atoms. The standard InChI is InChI=1S/C23H32Cl3N7O3S/c1-23(2,3)36-22(35)30-17(20(34)32-9-10-37-14-32)5-4-6-19(26)31-33-12-27-21(28-13-33)29-18-11-15(24)7-8-16(18)25/h7-8,11-12,17,19,31H,4-6,9-10,13-14H2,1-3H3,(H,28,29)(H,30,35)/t17-,19?/m0/s1. The van der Waals surface area contributed by atoms with Gasteiger partial charge in [0.15, 0.2) is 0 Å². The molecule has 1 unspecified atom stereocenters. The number of guanidine groups is 1. The number of halogens is 3. The van der Waals surface area contributed by atoms with Gasteiger partial charge >= 0.3 is 6.09 Å². The topological polar surface area (TPSA) is 111 Å². The van der Waals surface area contributed by atoms with Crippen molar-refractivity contribution < 1.29 is 14.3 Å². The number of nitrogens with one attached hydrogen (secondary N) is 3. The van der Waals surface area contributed by atoms with Crippen LogP contribution in [0.15, 0.2) is 28.2 Å². The van der Waals surface area contributed by atoms with E-state index < -0.39 is 23.2 Å². The summed E-state index contributed by atoms with van der Waals surface area (Å²) in [6.07, 6.45) is 2.55. The molecule has 0 aromatic heterocycles. The maximum absolute atomic E-state index is 13.0. The minimum Gasteiger partial charge on any atom is -0.444 e. The number of carbonyl (C=O) groups is 2. The number of hydrogen-bond acceptors (Lipinski definition) is 9. The van der Waals surface area contributed by atoms with Crippen LogP contribution in [0.4, 0.5) is 10.5 Å². The zero-order chi connectivity index (χ0) is 27.0. The molecule has 0 aliphatic carbocycles. The lowest BCUT2D eigenvalue weighted by molar-refractivity contribution is -0.132. The normalized spacial score (nSPS) is 17.3. The van der Waals surface area contributed by atoms with Gasteiger partial charge in [0.2, 0.25) is 11.9 Å². The van der Waals surface area contributed by atoms with Crippen molar-refractivity contribution in [3.05, 3.63) is 28.2 Å². The van der Waals surface area contributed by atoms with Gasteiger partial charge in [-0.25, -0.2) is 20.2 Å². The fourth-order valence-electron chi connectivity index (χ4n) is 3.47. The molecule has 0 radical (unpaired) electrons. The van der Waals surface area contributed by atoms with Crippen molar-refractivity contribution in [1.29, 1.82) is 0 Å². The lowest BCUT2D eigenvalue weighted by atomic mass is 10.1. The fourth-order valence-corrected chi connectivity index (χ4v) is 5.04. The van der Waals surface area contributed by atoms with E-state index in [1.807, 2.05) is 0 Å². The Kier molecular flexibility index (Phi) is 11.0. The lowest BCUT2D eigenvalue weighted by Crippen LogP contribution is -2.49. The maximum Gasteiger partial charge on any atom is 0.408 e. The van der Waals surface area contributed by atoms with Crippen LogP contribution in [-0.2, 0) is 9.53 Å². The van der Waals surface area contributed by atoms with Crippen LogP contribution < -0.4 is 16.1 Å². The highest BCUT2D eigenvalue weighted by atomic mass is 35.5. The van der Waals surface area contributed by atoms with Gasteiger partial charge in [-0.1, -0.05) is 23.2 Å². The summed E-state index contributed by atoms with van der Waals surface area (Å²) >= 11 is 20.4. The molecule has 3 rings (SSSR count). The summed E-state index contributed by atoms with van der Waals surface area (Å²) in [4.78, 5) is 35.7. The average molecular weight is 593 g/mol. The van der Waals surface area contributed by atoms with E-state index >= 15 is 0 Å². The summed E-state index contributed by atoms with van der Waals surface area (Å²) in [5, 5.41) is 8.49. The van der Waals surface area contributed by atoms with Crippen molar-refractivity contribution in [1.82, 2.24) is 20.7 Å². The van der Waals surface area contributed by atoms with Crippen molar-refractivity contribution >= 4 is 76.6 Å². The molecular formula is C23H32Cl3N7O3S. The van der Waals surface area contributed by atoms with Gasteiger partial charge in [-0.15, -0.1) is 23.4 Å². The second-order valence-corrected chi connectivity index (χ2v) is 11.9. The predicted octanol–water partition coefficient (Wildman–Crippen LogP) is 4.73. The number of hydrogen-bond donors (Lipinski definition) is 3. The van der Waals surface area contributed by atoms with Crippen molar-refractivity contribution in [2.24, 2.45) is 9.98 Å². The molecule has 204 valence electrons. The Hall–Kier alpha value is -1.92. The first kappa shape index (κ1) is 29.6. The molecule has 0 saturated carbocycles. The number of alkyl halides is 1. The van der Waals surface area contributed by atoms with E-state index in [1.165, 1.54) is 0 Å². The van der Waals surface area contributed by atoms with Gasteiger partial charge < -0.3 is 20.3 Å². The number of nitrogens with zero attached hydrogens (tertiary/aromatic N) is 4. The molecule has 10 nitrogen and oxygen atoms in total. The number of alkyl carbamates (subject to hydrolysis) is 1. The molecule has 1 fully saturated rings. The second kappa shape index (κ2) is 13.7. The average Bonchev–Trinajstić information content (AvgIpc) is 3.35. The number of aliphatic imine (C=N–C) groups is 2. The highest BCUT2D eigenvalue weighted by Crippen LogP contribution is 2.25. The number of thioether (sulfide) groups is 1. The Balaban J connectivity index is 1.45. The van der Waals surface area contributed by atoms with Crippen LogP contribution in [0.3, 0.4) is 0 Å². The van der Waals surface area contributed by atoms with Crippen LogP contribution in [0.2, 0.25) is 10.0 Å². The molecule has 14 heteroatoms. The number of carbonyl (C=O) groups excluding carboxylic acids is 2. The third kappa shape index (κ3) is 10.0. The first-order valence-corrected chi connectivity index (χ1v) is 14.2. The van der Waals surface area contributed by atoms with E-state index in [0.717, 1.165) is 5.75 Å².